The molecule has 0 radical (unpaired) electrons. The Bertz CT molecular complexity index is 385. The zero-order chi connectivity index (χ0) is 13.8. The van der Waals surface area contributed by atoms with E-state index in [2.05, 4.69) is 0 Å². The number of ether oxygens (including phenoxy) is 2. The third-order valence-corrected chi connectivity index (χ3v) is 2.48. The summed E-state index contributed by atoms with van der Waals surface area (Å²) < 4.78 is 47.5. The van der Waals surface area contributed by atoms with Crippen molar-refractivity contribution in [3.63, 3.8) is 0 Å². The Balaban J connectivity index is 0.00000324. The molecular weight excluding hydrogens is 283 g/mol. The van der Waals surface area contributed by atoms with Gasteiger partial charge in [-0.25, -0.2) is 0 Å². The van der Waals surface area contributed by atoms with Gasteiger partial charge in [0, 0.05) is 5.56 Å². The standard InChI is InChI=1S/C12H16F3NO2.ClH/c1-17-10-5-8(3-4-16)6-11(18-2)9(10)7-12(13,14)15;/h5-6H,3-4,7,16H2,1-2H3;1H. The van der Waals surface area contributed by atoms with Crippen LogP contribution in [0.3, 0.4) is 0 Å². The van der Waals surface area contributed by atoms with Gasteiger partial charge in [0.2, 0.25) is 0 Å². The van der Waals surface area contributed by atoms with Crippen LogP contribution in [0.1, 0.15) is 11.1 Å². The maximum Gasteiger partial charge on any atom is 0.393 e. The molecular formula is C12H17ClF3NO2. The quantitative estimate of drug-likeness (QED) is 0.909. The Morgan fingerprint density at radius 1 is 1.11 bits per heavy atom. The second-order valence-corrected chi connectivity index (χ2v) is 3.81. The molecule has 1 aromatic rings. The van der Waals surface area contributed by atoms with Gasteiger partial charge in [-0.15, -0.1) is 12.4 Å². The van der Waals surface area contributed by atoms with E-state index in [1.54, 1.807) is 12.1 Å². The highest BCUT2D eigenvalue weighted by Crippen LogP contribution is 2.35. The van der Waals surface area contributed by atoms with E-state index in [4.69, 9.17) is 15.2 Å². The van der Waals surface area contributed by atoms with Crippen LogP contribution in [0.2, 0.25) is 0 Å². The van der Waals surface area contributed by atoms with Gasteiger partial charge in [0.1, 0.15) is 11.5 Å². The van der Waals surface area contributed by atoms with Gasteiger partial charge in [-0.05, 0) is 30.7 Å². The average Bonchev–Trinajstić information content (AvgIpc) is 2.29. The van der Waals surface area contributed by atoms with E-state index < -0.39 is 12.6 Å². The second-order valence-electron chi connectivity index (χ2n) is 3.81. The summed E-state index contributed by atoms with van der Waals surface area (Å²) in [5.74, 6) is 0.352. The molecule has 0 amide bonds. The Hall–Kier alpha value is -1.14. The Kier molecular flexibility index (Phi) is 7.00. The van der Waals surface area contributed by atoms with Crippen LogP contribution in [-0.4, -0.2) is 26.9 Å². The first-order valence-electron chi connectivity index (χ1n) is 5.42. The number of hydrogen-bond acceptors (Lipinski definition) is 3. The van der Waals surface area contributed by atoms with Crippen LogP contribution in [-0.2, 0) is 12.8 Å². The number of alkyl halides is 3. The molecule has 0 heterocycles. The van der Waals surface area contributed by atoms with E-state index in [1.165, 1.54) is 14.2 Å². The van der Waals surface area contributed by atoms with Crippen molar-refractivity contribution >= 4 is 12.4 Å². The first-order valence-corrected chi connectivity index (χ1v) is 5.42. The largest absolute Gasteiger partial charge is 0.496 e. The van der Waals surface area contributed by atoms with Crippen LogP contribution in [0, 0.1) is 0 Å². The van der Waals surface area contributed by atoms with Gasteiger partial charge in [-0.1, -0.05) is 0 Å². The zero-order valence-corrected chi connectivity index (χ0v) is 11.5. The fourth-order valence-corrected chi connectivity index (χ4v) is 1.72. The first-order chi connectivity index (χ1) is 8.41. The molecule has 7 heteroatoms. The molecule has 2 N–H and O–H groups in total. The predicted octanol–water partition coefficient (Wildman–Crippen LogP) is 2.73. The van der Waals surface area contributed by atoms with E-state index in [0.717, 1.165) is 5.56 Å². The van der Waals surface area contributed by atoms with Gasteiger partial charge in [-0.2, -0.15) is 13.2 Å². The summed E-state index contributed by atoms with van der Waals surface area (Å²) in [5, 5.41) is 0. The van der Waals surface area contributed by atoms with Crippen LogP contribution >= 0.6 is 12.4 Å². The lowest BCUT2D eigenvalue weighted by Crippen LogP contribution is -2.14. The molecule has 1 aromatic carbocycles. The smallest absolute Gasteiger partial charge is 0.393 e. The van der Waals surface area contributed by atoms with Crippen LogP contribution in [0.25, 0.3) is 0 Å². The molecule has 3 nitrogen and oxygen atoms in total. The predicted molar refractivity (Wildman–Crippen MR) is 69.3 cm³/mol. The minimum absolute atomic E-state index is 0. The van der Waals surface area contributed by atoms with Crippen molar-refractivity contribution in [3.05, 3.63) is 23.3 Å². The van der Waals surface area contributed by atoms with E-state index in [1.807, 2.05) is 0 Å². The lowest BCUT2D eigenvalue weighted by atomic mass is 10.0. The van der Waals surface area contributed by atoms with Crippen molar-refractivity contribution in [1.29, 1.82) is 0 Å². The number of benzene rings is 1. The topological polar surface area (TPSA) is 44.5 Å². The van der Waals surface area contributed by atoms with Gasteiger partial charge in [0.05, 0.1) is 20.6 Å². The molecule has 0 unspecified atom stereocenters. The SMILES string of the molecule is COc1cc(CCN)cc(OC)c1CC(F)(F)F.Cl. The summed E-state index contributed by atoms with van der Waals surface area (Å²) >= 11 is 0. The molecule has 0 spiro atoms. The van der Waals surface area contributed by atoms with Crippen LogP contribution in [0.15, 0.2) is 12.1 Å². The molecule has 0 fully saturated rings. The third kappa shape index (κ3) is 5.16. The zero-order valence-electron chi connectivity index (χ0n) is 10.7. The fourth-order valence-electron chi connectivity index (χ4n) is 1.72. The van der Waals surface area contributed by atoms with Gasteiger partial charge >= 0.3 is 6.18 Å². The molecule has 0 saturated heterocycles. The minimum Gasteiger partial charge on any atom is -0.496 e. The highest BCUT2D eigenvalue weighted by Gasteiger charge is 2.31. The van der Waals surface area contributed by atoms with Gasteiger partial charge in [0.15, 0.2) is 0 Å². The summed E-state index contributed by atoms with van der Waals surface area (Å²) in [6.07, 6.45) is -4.84. The Morgan fingerprint density at radius 2 is 1.58 bits per heavy atom. The monoisotopic (exact) mass is 299 g/mol. The highest BCUT2D eigenvalue weighted by atomic mass is 35.5. The molecule has 0 aliphatic carbocycles. The number of nitrogens with two attached hydrogens (primary N) is 1. The minimum atomic E-state index is -4.31. The van der Waals surface area contributed by atoms with E-state index in [-0.39, 0.29) is 29.5 Å². The van der Waals surface area contributed by atoms with Crippen molar-refractivity contribution < 1.29 is 22.6 Å². The molecule has 0 atom stereocenters. The third-order valence-electron chi connectivity index (χ3n) is 2.48. The van der Waals surface area contributed by atoms with Crippen molar-refractivity contribution in [2.45, 2.75) is 19.0 Å². The van der Waals surface area contributed by atoms with Crippen molar-refractivity contribution in [1.82, 2.24) is 0 Å². The summed E-state index contributed by atoms with van der Waals surface area (Å²) in [6, 6.07) is 3.13. The number of methoxy groups -OCH3 is 2. The first kappa shape index (κ1) is 17.9. The number of halogens is 4. The molecule has 110 valence electrons. The fraction of sp³-hybridized carbons (Fsp3) is 0.500. The Morgan fingerprint density at radius 3 is 1.89 bits per heavy atom. The lowest BCUT2D eigenvalue weighted by Gasteiger charge is -2.16. The van der Waals surface area contributed by atoms with Crippen molar-refractivity contribution in [2.24, 2.45) is 5.73 Å². The summed E-state index contributed by atoms with van der Waals surface area (Å²) in [5.41, 5.74) is 6.22. The lowest BCUT2D eigenvalue weighted by molar-refractivity contribution is -0.127. The van der Waals surface area contributed by atoms with Crippen LogP contribution in [0.4, 0.5) is 13.2 Å². The van der Waals surface area contributed by atoms with E-state index >= 15 is 0 Å². The Labute approximate surface area is 116 Å². The van der Waals surface area contributed by atoms with Crippen LogP contribution in [0.5, 0.6) is 11.5 Å². The van der Waals surface area contributed by atoms with Crippen molar-refractivity contribution in [3.8, 4) is 11.5 Å². The highest BCUT2D eigenvalue weighted by molar-refractivity contribution is 5.85. The second kappa shape index (κ2) is 7.45. The van der Waals surface area contributed by atoms with Crippen LogP contribution < -0.4 is 15.2 Å². The molecule has 0 saturated carbocycles. The molecule has 19 heavy (non-hydrogen) atoms. The normalized spacial score (nSPS) is 10.8. The number of hydrogen-bond donors (Lipinski definition) is 1. The maximum absolute atomic E-state index is 12.5. The average molecular weight is 300 g/mol. The molecule has 0 bridgehead atoms. The molecule has 0 aliphatic rings. The van der Waals surface area contributed by atoms with Crippen molar-refractivity contribution in [2.75, 3.05) is 20.8 Å². The maximum atomic E-state index is 12.5. The van der Waals surface area contributed by atoms with Gasteiger partial charge < -0.3 is 15.2 Å². The summed E-state index contributed by atoms with van der Waals surface area (Å²) in [6.45, 7) is 0.408. The molecule has 0 aliphatic heterocycles. The van der Waals surface area contributed by atoms with Gasteiger partial charge in [-0.3, -0.25) is 0 Å². The van der Waals surface area contributed by atoms with E-state index in [0.29, 0.717) is 13.0 Å². The van der Waals surface area contributed by atoms with Gasteiger partial charge in [0.25, 0.3) is 0 Å². The molecule has 1 rings (SSSR count). The number of rotatable bonds is 5. The summed E-state index contributed by atoms with van der Waals surface area (Å²) in [7, 11) is 2.67. The molecule has 0 aromatic heterocycles. The summed E-state index contributed by atoms with van der Waals surface area (Å²) in [4.78, 5) is 0. The van der Waals surface area contributed by atoms with E-state index in [9.17, 15) is 13.2 Å².